The number of ether oxygens (including phenoxy) is 2. The number of aliphatic imine (C=N–C) groups is 1. The first-order valence-electron chi connectivity index (χ1n) is 9.72. The van der Waals surface area contributed by atoms with Crippen molar-refractivity contribution in [2.24, 2.45) is 4.99 Å². The predicted molar refractivity (Wildman–Crippen MR) is 117 cm³/mol. The fraction of sp³-hybridized carbons (Fsp3) is 0.737. The van der Waals surface area contributed by atoms with Crippen molar-refractivity contribution in [3.05, 3.63) is 24.2 Å². The van der Waals surface area contributed by atoms with E-state index in [0.29, 0.717) is 6.54 Å². The lowest BCUT2D eigenvalue weighted by molar-refractivity contribution is 0.0283. The Morgan fingerprint density at radius 1 is 1.22 bits per heavy atom. The third-order valence-corrected chi connectivity index (χ3v) is 4.94. The largest absolute Gasteiger partial charge is 0.469 e. The Morgan fingerprint density at radius 3 is 2.74 bits per heavy atom. The minimum Gasteiger partial charge on any atom is -0.469 e. The molecule has 2 aliphatic rings. The van der Waals surface area contributed by atoms with Gasteiger partial charge in [0.05, 0.1) is 31.6 Å². The van der Waals surface area contributed by atoms with Gasteiger partial charge in [0.1, 0.15) is 5.76 Å². The molecule has 7 nitrogen and oxygen atoms in total. The van der Waals surface area contributed by atoms with Gasteiger partial charge in [0, 0.05) is 45.8 Å². The standard InChI is InChI=1S/C19H32N4O3.HI/c1-19(6-3-13-26-19)16-22-18(20-7-5-17-4-2-12-25-17)21-8-9-23-10-14-24-15-11-23;/h2,4,12H,3,5-11,13-16H2,1H3,(H2,20,21,22);1H. The van der Waals surface area contributed by atoms with E-state index in [1.54, 1.807) is 6.26 Å². The van der Waals surface area contributed by atoms with E-state index in [2.05, 4.69) is 22.5 Å². The second-order valence-electron chi connectivity index (χ2n) is 7.20. The monoisotopic (exact) mass is 492 g/mol. The number of hydrogen-bond acceptors (Lipinski definition) is 5. The summed E-state index contributed by atoms with van der Waals surface area (Å²) in [6.07, 6.45) is 4.75. The number of nitrogens with zero attached hydrogens (tertiary/aromatic N) is 2. The van der Waals surface area contributed by atoms with E-state index in [0.717, 1.165) is 83.5 Å². The van der Waals surface area contributed by atoms with Gasteiger partial charge in [0.2, 0.25) is 0 Å². The molecule has 1 aromatic rings. The lowest BCUT2D eigenvalue weighted by Gasteiger charge is -2.27. The van der Waals surface area contributed by atoms with Crippen LogP contribution < -0.4 is 10.6 Å². The molecular formula is C19H33IN4O3. The summed E-state index contributed by atoms with van der Waals surface area (Å²) in [5.74, 6) is 1.83. The molecule has 0 bridgehead atoms. The number of furan rings is 1. The summed E-state index contributed by atoms with van der Waals surface area (Å²) in [4.78, 5) is 7.19. The van der Waals surface area contributed by atoms with E-state index >= 15 is 0 Å². The van der Waals surface area contributed by atoms with Crippen LogP contribution in [0.5, 0.6) is 0 Å². The topological polar surface area (TPSA) is 71.3 Å². The Bertz CT molecular complexity index is 541. The van der Waals surface area contributed by atoms with Crippen LogP contribution in [0.15, 0.2) is 27.8 Å². The van der Waals surface area contributed by atoms with Crippen LogP contribution in [-0.4, -0.2) is 75.5 Å². The summed E-state index contributed by atoms with van der Waals surface area (Å²) < 4.78 is 16.6. The number of guanidine groups is 1. The summed E-state index contributed by atoms with van der Waals surface area (Å²) in [6, 6.07) is 3.92. The van der Waals surface area contributed by atoms with Gasteiger partial charge in [-0.15, -0.1) is 24.0 Å². The summed E-state index contributed by atoms with van der Waals surface area (Å²) >= 11 is 0. The minimum atomic E-state index is -0.125. The van der Waals surface area contributed by atoms with Crippen LogP contribution in [0.2, 0.25) is 0 Å². The normalized spacial score (nSPS) is 23.8. The maximum Gasteiger partial charge on any atom is 0.191 e. The summed E-state index contributed by atoms with van der Waals surface area (Å²) in [5.41, 5.74) is -0.125. The molecule has 1 aromatic heterocycles. The summed E-state index contributed by atoms with van der Waals surface area (Å²) in [6.45, 7) is 10.00. The van der Waals surface area contributed by atoms with Crippen LogP contribution in [0.25, 0.3) is 0 Å². The van der Waals surface area contributed by atoms with Gasteiger partial charge in [-0.1, -0.05) is 0 Å². The quantitative estimate of drug-likeness (QED) is 0.328. The first-order chi connectivity index (χ1) is 12.7. The molecule has 1 unspecified atom stereocenters. The maximum absolute atomic E-state index is 5.85. The average Bonchev–Trinajstić information content (AvgIpc) is 3.32. The highest BCUT2D eigenvalue weighted by Gasteiger charge is 2.29. The molecule has 0 spiro atoms. The highest BCUT2D eigenvalue weighted by atomic mass is 127. The van der Waals surface area contributed by atoms with Crippen LogP contribution in [0.3, 0.4) is 0 Å². The van der Waals surface area contributed by atoms with Crippen molar-refractivity contribution in [1.29, 1.82) is 0 Å². The zero-order chi connectivity index (χ0) is 18.1. The number of rotatable bonds is 8. The van der Waals surface area contributed by atoms with E-state index in [4.69, 9.17) is 18.9 Å². The molecule has 2 N–H and O–H groups in total. The maximum atomic E-state index is 5.85. The van der Waals surface area contributed by atoms with Crippen LogP contribution in [0.4, 0.5) is 0 Å². The van der Waals surface area contributed by atoms with Gasteiger partial charge >= 0.3 is 0 Å². The summed E-state index contributed by atoms with van der Waals surface area (Å²) in [5, 5.41) is 6.88. The Kier molecular flexibility index (Phi) is 9.88. The van der Waals surface area contributed by atoms with Gasteiger partial charge in [-0.3, -0.25) is 9.89 Å². The SMILES string of the molecule is CC1(CN=C(NCCc2ccco2)NCCN2CCOCC2)CCCO1.I. The fourth-order valence-corrected chi connectivity index (χ4v) is 3.30. The molecule has 0 amide bonds. The van der Waals surface area contributed by atoms with E-state index < -0.39 is 0 Å². The zero-order valence-corrected chi connectivity index (χ0v) is 18.6. The predicted octanol–water partition coefficient (Wildman–Crippen LogP) is 1.88. The second kappa shape index (κ2) is 11.9. The number of halogens is 1. The van der Waals surface area contributed by atoms with Gasteiger partial charge in [-0.2, -0.15) is 0 Å². The van der Waals surface area contributed by atoms with Crippen molar-refractivity contribution < 1.29 is 13.9 Å². The van der Waals surface area contributed by atoms with E-state index in [1.165, 1.54) is 0 Å². The van der Waals surface area contributed by atoms with Gasteiger partial charge in [-0.25, -0.2) is 0 Å². The molecule has 3 rings (SSSR count). The minimum absolute atomic E-state index is 0. The molecule has 2 saturated heterocycles. The molecule has 0 radical (unpaired) electrons. The van der Waals surface area contributed by atoms with Crippen LogP contribution >= 0.6 is 24.0 Å². The molecule has 154 valence electrons. The number of morpholine rings is 1. The molecule has 0 aromatic carbocycles. The third-order valence-electron chi connectivity index (χ3n) is 4.94. The molecule has 27 heavy (non-hydrogen) atoms. The first-order valence-corrected chi connectivity index (χ1v) is 9.72. The van der Waals surface area contributed by atoms with E-state index in [-0.39, 0.29) is 29.6 Å². The summed E-state index contributed by atoms with van der Waals surface area (Å²) in [7, 11) is 0. The Morgan fingerprint density at radius 2 is 2.04 bits per heavy atom. The second-order valence-corrected chi connectivity index (χ2v) is 7.20. The van der Waals surface area contributed by atoms with Gasteiger partial charge in [0.25, 0.3) is 0 Å². The average molecular weight is 492 g/mol. The van der Waals surface area contributed by atoms with E-state index in [1.807, 2.05) is 12.1 Å². The van der Waals surface area contributed by atoms with Crippen molar-refractivity contribution in [1.82, 2.24) is 15.5 Å². The molecule has 3 heterocycles. The van der Waals surface area contributed by atoms with Crippen molar-refractivity contribution in [2.45, 2.75) is 31.8 Å². The first kappa shape index (κ1) is 22.4. The zero-order valence-electron chi connectivity index (χ0n) is 16.2. The Hall–Kier alpha value is -0.840. The molecular weight excluding hydrogens is 459 g/mol. The molecule has 0 saturated carbocycles. The Balaban J connectivity index is 0.00000261. The Labute approximate surface area is 179 Å². The van der Waals surface area contributed by atoms with Crippen LogP contribution in [0.1, 0.15) is 25.5 Å². The van der Waals surface area contributed by atoms with Gasteiger partial charge in [0.15, 0.2) is 5.96 Å². The van der Waals surface area contributed by atoms with Gasteiger partial charge in [-0.05, 0) is 31.9 Å². The lowest BCUT2D eigenvalue weighted by atomic mass is 10.0. The molecule has 1 atom stereocenters. The van der Waals surface area contributed by atoms with Crippen molar-refractivity contribution in [3.63, 3.8) is 0 Å². The molecule has 2 aliphatic heterocycles. The van der Waals surface area contributed by atoms with Crippen LogP contribution in [0, 0.1) is 0 Å². The highest BCUT2D eigenvalue weighted by molar-refractivity contribution is 14.0. The lowest BCUT2D eigenvalue weighted by Crippen LogP contribution is -2.45. The van der Waals surface area contributed by atoms with Crippen molar-refractivity contribution in [3.8, 4) is 0 Å². The third kappa shape index (κ3) is 7.97. The van der Waals surface area contributed by atoms with Gasteiger partial charge < -0.3 is 24.5 Å². The fourth-order valence-electron chi connectivity index (χ4n) is 3.30. The van der Waals surface area contributed by atoms with E-state index in [9.17, 15) is 0 Å². The molecule has 2 fully saturated rings. The molecule has 8 heteroatoms. The molecule has 0 aliphatic carbocycles. The van der Waals surface area contributed by atoms with Crippen LogP contribution in [-0.2, 0) is 15.9 Å². The highest BCUT2D eigenvalue weighted by Crippen LogP contribution is 2.24. The number of nitrogens with one attached hydrogen (secondary N) is 2. The number of hydrogen-bond donors (Lipinski definition) is 2. The smallest absolute Gasteiger partial charge is 0.191 e. The van der Waals surface area contributed by atoms with Crippen molar-refractivity contribution >= 4 is 29.9 Å². The van der Waals surface area contributed by atoms with Crippen molar-refractivity contribution in [2.75, 3.05) is 59.1 Å².